The SMILES string of the molecule is Cc1ncccc1CC(=O)Nc1cnn(C)c1C1CC1. The minimum absolute atomic E-state index is 0.0176. The highest BCUT2D eigenvalue weighted by Gasteiger charge is 2.29. The molecule has 1 aliphatic rings. The molecular weight excluding hydrogens is 252 g/mol. The van der Waals surface area contributed by atoms with Gasteiger partial charge in [0.2, 0.25) is 5.91 Å². The first kappa shape index (κ1) is 12.8. The summed E-state index contributed by atoms with van der Waals surface area (Å²) in [7, 11) is 1.93. The normalized spacial score (nSPS) is 14.3. The third kappa shape index (κ3) is 2.57. The van der Waals surface area contributed by atoms with E-state index in [0.717, 1.165) is 22.6 Å². The van der Waals surface area contributed by atoms with Crippen molar-refractivity contribution in [2.45, 2.75) is 32.1 Å². The predicted octanol–water partition coefficient (Wildman–Crippen LogP) is 2.18. The van der Waals surface area contributed by atoms with Crippen LogP contribution in [-0.4, -0.2) is 20.7 Å². The molecule has 0 unspecified atom stereocenters. The summed E-state index contributed by atoms with van der Waals surface area (Å²) in [6, 6.07) is 3.79. The monoisotopic (exact) mass is 270 g/mol. The quantitative estimate of drug-likeness (QED) is 0.926. The van der Waals surface area contributed by atoms with Crippen molar-refractivity contribution in [1.29, 1.82) is 0 Å². The van der Waals surface area contributed by atoms with Gasteiger partial charge in [-0.3, -0.25) is 14.5 Å². The molecule has 0 atom stereocenters. The number of pyridine rings is 1. The summed E-state index contributed by atoms with van der Waals surface area (Å²) in [5.41, 5.74) is 3.85. The molecule has 1 saturated carbocycles. The summed E-state index contributed by atoms with van der Waals surface area (Å²) in [6.07, 6.45) is 6.19. The summed E-state index contributed by atoms with van der Waals surface area (Å²) in [5.74, 6) is 0.536. The number of hydrogen-bond donors (Lipinski definition) is 1. The van der Waals surface area contributed by atoms with E-state index in [4.69, 9.17) is 0 Å². The number of carbonyl (C=O) groups excluding carboxylic acids is 1. The van der Waals surface area contributed by atoms with E-state index in [1.807, 2.05) is 30.8 Å². The molecule has 0 aliphatic heterocycles. The van der Waals surface area contributed by atoms with Gasteiger partial charge in [-0.05, 0) is 31.4 Å². The van der Waals surface area contributed by atoms with E-state index < -0.39 is 0 Å². The Morgan fingerprint density at radius 1 is 1.50 bits per heavy atom. The van der Waals surface area contributed by atoms with Gasteiger partial charge >= 0.3 is 0 Å². The summed E-state index contributed by atoms with van der Waals surface area (Å²) in [5, 5.41) is 7.22. The van der Waals surface area contributed by atoms with E-state index in [2.05, 4.69) is 15.4 Å². The van der Waals surface area contributed by atoms with E-state index in [1.54, 1.807) is 12.4 Å². The van der Waals surface area contributed by atoms with Gasteiger partial charge in [-0.1, -0.05) is 6.07 Å². The molecule has 1 amide bonds. The molecule has 5 heteroatoms. The first-order valence-electron chi connectivity index (χ1n) is 6.87. The van der Waals surface area contributed by atoms with E-state index in [1.165, 1.54) is 12.8 Å². The van der Waals surface area contributed by atoms with Crippen molar-refractivity contribution in [3.05, 3.63) is 41.5 Å². The lowest BCUT2D eigenvalue weighted by Gasteiger charge is -2.08. The van der Waals surface area contributed by atoms with Crippen LogP contribution in [0.15, 0.2) is 24.5 Å². The largest absolute Gasteiger partial charge is 0.323 e. The number of anilines is 1. The molecule has 2 aromatic rings. The van der Waals surface area contributed by atoms with Gasteiger partial charge in [0.25, 0.3) is 0 Å². The number of hydrogen-bond acceptors (Lipinski definition) is 3. The van der Waals surface area contributed by atoms with Crippen molar-refractivity contribution in [3.8, 4) is 0 Å². The molecule has 0 saturated heterocycles. The summed E-state index contributed by atoms with van der Waals surface area (Å²) in [6.45, 7) is 1.92. The van der Waals surface area contributed by atoms with E-state index >= 15 is 0 Å². The van der Waals surface area contributed by atoms with Gasteiger partial charge in [-0.15, -0.1) is 0 Å². The smallest absolute Gasteiger partial charge is 0.228 e. The number of aromatic nitrogens is 3. The molecule has 5 nitrogen and oxygen atoms in total. The molecule has 3 rings (SSSR count). The van der Waals surface area contributed by atoms with Gasteiger partial charge in [0.15, 0.2) is 0 Å². The van der Waals surface area contributed by atoms with Crippen LogP contribution in [0.2, 0.25) is 0 Å². The van der Waals surface area contributed by atoms with E-state index in [-0.39, 0.29) is 5.91 Å². The van der Waals surface area contributed by atoms with Crippen LogP contribution in [0.4, 0.5) is 5.69 Å². The summed E-state index contributed by atoms with van der Waals surface area (Å²) < 4.78 is 1.86. The maximum absolute atomic E-state index is 12.2. The fourth-order valence-electron chi connectivity index (χ4n) is 2.46. The molecule has 0 aromatic carbocycles. The van der Waals surface area contributed by atoms with Crippen LogP contribution in [0, 0.1) is 6.92 Å². The van der Waals surface area contributed by atoms with Crippen LogP contribution in [0.1, 0.15) is 35.7 Å². The van der Waals surface area contributed by atoms with Crippen LogP contribution in [0.3, 0.4) is 0 Å². The molecule has 0 bridgehead atoms. The first-order chi connectivity index (χ1) is 9.65. The number of rotatable bonds is 4. The molecule has 2 aromatic heterocycles. The lowest BCUT2D eigenvalue weighted by molar-refractivity contribution is -0.115. The molecule has 1 aliphatic carbocycles. The number of amides is 1. The topological polar surface area (TPSA) is 59.8 Å². The second kappa shape index (κ2) is 5.07. The van der Waals surface area contributed by atoms with Crippen molar-refractivity contribution < 1.29 is 4.79 Å². The highest BCUT2D eigenvalue weighted by atomic mass is 16.1. The lowest BCUT2D eigenvalue weighted by Crippen LogP contribution is -2.16. The molecule has 0 radical (unpaired) electrons. The molecule has 104 valence electrons. The lowest BCUT2D eigenvalue weighted by atomic mass is 10.1. The Bertz CT molecular complexity index is 643. The van der Waals surface area contributed by atoms with Gasteiger partial charge in [0.1, 0.15) is 0 Å². The van der Waals surface area contributed by atoms with E-state index in [0.29, 0.717) is 12.3 Å². The Hall–Kier alpha value is -2.17. The van der Waals surface area contributed by atoms with Crippen LogP contribution in [0.25, 0.3) is 0 Å². The van der Waals surface area contributed by atoms with Gasteiger partial charge < -0.3 is 5.32 Å². The third-order valence-electron chi connectivity index (χ3n) is 3.69. The van der Waals surface area contributed by atoms with Crippen LogP contribution in [-0.2, 0) is 18.3 Å². The van der Waals surface area contributed by atoms with Crippen molar-refractivity contribution >= 4 is 11.6 Å². The van der Waals surface area contributed by atoms with Crippen molar-refractivity contribution in [3.63, 3.8) is 0 Å². The van der Waals surface area contributed by atoms with Gasteiger partial charge in [-0.2, -0.15) is 5.10 Å². The Morgan fingerprint density at radius 2 is 2.30 bits per heavy atom. The Morgan fingerprint density at radius 3 is 3.00 bits per heavy atom. The zero-order valence-corrected chi connectivity index (χ0v) is 11.8. The molecular formula is C15H18N4O. The zero-order chi connectivity index (χ0) is 14.1. The van der Waals surface area contributed by atoms with Crippen LogP contribution in [0.5, 0.6) is 0 Å². The van der Waals surface area contributed by atoms with Crippen LogP contribution < -0.4 is 5.32 Å². The maximum atomic E-state index is 12.2. The Labute approximate surface area is 118 Å². The number of nitrogens with one attached hydrogen (secondary N) is 1. The molecule has 1 fully saturated rings. The Balaban J connectivity index is 1.72. The molecule has 2 heterocycles. The maximum Gasteiger partial charge on any atom is 0.228 e. The average Bonchev–Trinajstić information content (AvgIpc) is 3.18. The second-order valence-electron chi connectivity index (χ2n) is 5.31. The molecule has 0 spiro atoms. The predicted molar refractivity (Wildman–Crippen MR) is 76.5 cm³/mol. The van der Waals surface area contributed by atoms with Crippen LogP contribution >= 0.6 is 0 Å². The van der Waals surface area contributed by atoms with Crippen molar-refractivity contribution in [2.75, 3.05) is 5.32 Å². The average molecular weight is 270 g/mol. The number of carbonyl (C=O) groups is 1. The fourth-order valence-corrected chi connectivity index (χ4v) is 2.46. The van der Waals surface area contributed by atoms with Crippen molar-refractivity contribution in [1.82, 2.24) is 14.8 Å². The summed E-state index contributed by atoms with van der Waals surface area (Å²) in [4.78, 5) is 16.4. The number of nitrogens with zero attached hydrogens (tertiary/aromatic N) is 3. The molecule has 1 N–H and O–H groups in total. The zero-order valence-electron chi connectivity index (χ0n) is 11.8. The standard InChI is InChI=1S/C15H18N4O/c1-10-12(4-3-7-16-10)8-14(20)18-13-9-17-19(2)15(13)11-5-6-11/h3-4,7,9,11H,5-6,8H2,1-2H3,(H,18,20). The molecule has 20 heavy (non-hydrogen) atoms. The summed E-state index contributed by atoms with van der Waals surface area (Å²) >= 11 is 0. The van der Waals surface area contributed by atoms with Gasteiger partial charge in [0, 0.05) is 24.9 Å². The van der Waals surface area contributed by atoms with Gasteiger partial charge in [-0.25, -0.2) is 0 Å². The van der Waals surface area contributed by atoms with Crippen molar-refractivity contribution in [2.24, 2.45) is 7.05 Å². The minimum atomic E-state index is -0.0176. The number of aryl methyl sites for hydroxylation is 2. The highest BCUT2D eigenvalue weighted by Crippen LogP contribution is 2.43. The fraction of sp³-hybridized carbons (Fsp3) is 0.400. The second-order valence-corrected chi connectivity index (χ2v) is 5.31. The van der Waals surface area contributed by atoms with Gasteiger partial charge in [0.05, 0.1) is 24.0 Å². The highest BCUT2D eigenvalue weighted by molar-refractivity contribution is 5.93. The Kier molecular flexibility index (Phi) is 3.26. The third-order valence-corrected chi connectivity index (χ3v) is 3.69. The minimum Gasteiger partial charge on any atom is -0.323 e. The first-order valence-corrected chi connectivity index (χ1v) is 6.87. The van der Waals surface area contributed by atoms with E-state index in [9.17, 15) is 4.79 Å².